The number of hydrogen-bond acceptors (Lipinski definition) is 2. The lowest BCUT2D eigenvalue weighted by atomic mass is 9.98. The number of fused-ring (bicyclic) bond motifs is 1. The summed E-state index contributed by atoms with van der Waals surface area (Å²) in [5.41, 5.74) is 3.88. The fourth-order valence-electron chi connectivity index (χ4n) is 2.11. The summed E-state index contributed by atoms with van der Waals surface area (Å²) in [6.45, 7) is 7.27. The Balaban J connectivity index is 2.08. The summed E-state index contributed by atoms with van der Waals surface area (Å²) in [4.78, 5) is 13.6. The SMILES string of the molecule is Cc1ccc2c(c1)CCN(C(=O)OC(C)C)C2. The first-order valence-electron chi connectivity index (χ1n) is 6.10. The molecular weight excluding hydrogens is 214 g/mol. The number of ether oxygens (including phenoxy) is 1. The van der Waals surface area contributed by atoms with E-state index >= 15 is 0 Å². The van der Waals surface area contributed by atoms with E-state index in [0.29, 0.717) is 6.54 Å². The van der Waals surface area contributed by atoms with Crippen molar-refractivity contribution in [1.29, 1.82) is 0 Å². The van der Waals surface area contributed by atoms with Crippen molar-refractivity contribution in [3.05, 3.63) is 34.9 Å². The summed E-state index contributed by atoms with van der Waals surface area (Å²) in [5.74, 6) is 0. The largest absolute Gasteiger partial charge is 0.447 e. The van der Waals surface area contributed by atoms with E-state index in [0.717, 1.165) is 13.0 Å². The number of benzene rings is 1. The molecule has 0 bridgehead atoms. The first kappa shape index (κ1) is 12.0. The Morgan fingerprint density at radius 2 is 2.12 bits per heavy atom. The second-order valence-corrected chi connectivity index (χ2v) is 4.88. The second kappa shape index (κ2) is 4.78. The third-order valence-electron chi connectivity index (χ3n) is 2.97. The summed E-state index contributed by atoms with van der Waals surface area (Å²) < 4.78 is 5.22. The van der Waals surface area contributed by atoms with Crippen LogP contribution in [0.2, 0.25) is 0 Å². The summed E-state index contributed by atoms with van der Waals surface area (Å²) in [6, 6.07) is 6.41. The minimum Gasteiger partial charge on any atom is -0.447 e. The van der Waals surface area contributed by atoms with E-state index in [1.165, 1.54) is 16.7 Å². The molecule has 1 amide bonds. The first-order chi connectivity index (χ1) is 8.06. The molecule has 0 spiro atoms. The Bertz CT molecular complexity index is 426. The highest BCUT2D eigenvalue weighted by Gasteiger charge is 2.22. The van der Waals surface area contributed by atoms with Gasteiger partial charge in [0.05, 0.1) is 6.10 Å². The summed E-state index contributed by atoms with van der Waals surface area (Å²) in [7, 11) is 0. The van der Waals surface area contributed by atoms with Gasteiger partial charge < -0.3 is 9.64 Å². The number of amides is 1. The first-order valence-corrected chi connectivity index (χ1v) is 6.10. The van der Waals surface area contributed by atoms with Gasteiger partial charge in [-0.05, 0) is 38.3 Å². The molecule has 3 heteroatoms. The quantitative estimate of drug-likeness (QED) is 0.746. The van der Waals surface area contributed by atoms with Crippen LogP contribution in [0.1, 0.15) is 30.5 Å². The van der Waals surface area contributed by atoms with Crippen molar-refractivity contribution in [2.24, 2.45) is 0 Å². The fourth-order valence-corrected chi connectivity index (χ4v) is 2.11. The zero-order valence-corrected chi connectivity index (χ0v) is 10.7. The van der Waals surface area contributed by atoms with Crippen molar-refractivity contribution in [3.63, 3.8) is 0 Å². The fraction of sp³-hybridized carbons (Fsp3) is 0.500. The van der Waals surface area contributed by atoms with Gasteiger partial charge in [0.15, 0.2) is 0 Å². The highest BCUT2D eigenvalue weighted by Crippen LogP contribution is 2.20. The van der Waals surface area contributed by atoms with E-state index in [9.17, 15) is 4.79 Å². The number of carbonyl (C=O) groups is 1. The molecule has 1 aromatic rings. The van der Waals surface area contributed by atoms with Crippen molar-refractivity contribution in [1.82, 2.24) is 4.90 Å². The van der Waals surface area contributed by atoms with Crippen molar-refractivity contribution in [2.45, 2.75) is 39.8 Å². The van der Waals surface area contributed by atoms with Gasteiger partial charge in [0.1, 0.15) is 0 Å². The van der Waals surface area contributed by atoms with Gasteiger partial charge in [-0.1, -0.05) is 23.8 Å². The normalized spacial score (nSPS) is 14.7. The molecule has 92 valence electrons. The van der Waals surface area contributed by atoms with Gasteiger partial charge in [-0.25, -0.2) is 4.79 Å². The van der Waals surface area contributed by atoms with Gasteiger partial charge >= 0.3 is 6.09 Å². The Labute approximate surface area is 102 Å². The Kier molecular flexibility index (Phi) is 3.36. The standard InChI is InChI=1S/C14H19NO2/c1-10(2)17-14(16)15-7-6-12-8-11(3)4-5-13(12)9-15/h4-5,8,10H,6-7,9H2,1-3H3. The Morgan fingerprint density at radius 3 is 2.82 bits per heavy atom. The number of aryl methyl sites for hydroxylation is 1. The molecular formula is C14H19NO2. The monoisotopic (exact) mass is 233 g/mol. The van der Waals surface area contributed by atoms with Gasteiger partial charge in [-0.15, -0.1) is 0 Å². The minimum absolute atomic E-state index is 0.0538. The van der Waals surface area contributed by atoms with Crippen LogP contribution < -0.4 is 0 Å². The summed E-state index contributed by atoms with van der Waals surface area (Å²) >= 11 is 0. The molecule has 1 aliphatic heterocycles. The van der Waals surface area contributed by atoms with E-state index in [1.807, 2.05) is 13.8 Å². The molecule has 2 rings (SSSR count). The van der Waals surface area contributed by atoms with Gasteiger partial charge in [0, 0.05) is 13.1 Å². The molecule has 0 aromatic heterocycles. The number of nitrogens with zero attached hydrogens (tertiary/aromatic N) is 1. The van der Waals surface area contributed by atoms with Crippen LogP contribution in [0.5, 0.6) is 0 Å². The predicted octanol–water partition coefficient (Wildman–Crippen LogP) is 2.90. The lowest BCUT2D eigenvalue weighted by Gasteiger charge is -2.29. The molecule has 1 heterocycles. The van der Waals surface area contributed by atoms with Gasteiger partial charge in [-0.2, -0.15) is 0 Å². The van der Waals surface area contributed by atoms with E-state index in [4.69, 9.17) is 4.74 Å². The number of rotatable bonds is 1. The lowest BCUT2D eigenvalue weighted by molar-refractivity contribution is 0.0730. The summed E-state index contributed by atoms with van der Waals surface area (Å²) in [5, 5.41) is 0. The van der Waals surface area contributed by atoms with Crippen LogP contribution in [0.15, 0.2) is 18.2 Å². The smallest absolute Gasteiger partial charge is 0.410 e. The molecule has 0 saturated heterocycles. The zero-order chi connectivity index (χ0) is 12.4. The second-order valence-electron chi connectivity index (χ2n) is 4.88. The molecule has 1 aromatic carbocycles. The molecule has 3 nitrogen and oxygen atoms in total. The van der Waals surface area contributed by atoms with Crippen LogP contribution in [0.4, 0.5) is 4.79 Å². The lowest BCUT2D eigenvalue weighted by Crippen LogP contribution is -2.37. The van der Waals surface area contributed by atoms with E-state index < -0.39 is 0 Å². The molecule has 0 saturated carbocycles. The average molecular weight is 233 g/mol. The highest BCUT2D eigenvalue weighted by atomic mass is 16.6. The molecule has 17 heavy (non-hydrogen) atoms. The number of carbonyl (C=O) groups excluding carboxylic acids is 1. The maximum absolute atomic E-state index is 11.8. The number of hydrogen-bond donors (Lipinski definition) is 0. The van der Waals surface area contributed by atoms with Gasteiger partial charge in [-0.3, -0.25) is 0 Å². The van der Waals surface area contributed by atoms with Crippen LogP contribution in [-0.4, -0.2) is 23.6 Å². The topological polar surface area (TPSA) is 29.5 Å². The van der Waals surface area contributed by atoms with E-state index in [-0.39, 0.29) is 12.2 Å². The van der Waals surface area contributed by atoms with Crippen LogP contribution in [0.3, 0.4) is 0 Å². The van der Waals surface area contributed by atoms with Crippen LogP contribution in [-0.2, 0) is 17.7 Å². The average Bonchev–Trinajstić information content (AvgIpc) is 2.27. The highest BCUT2D eigenvalue weighted by molar-refractivity contribution is 5.68. The van der Waals surface area contributed by atoms with E-state index in [1.54, 1.807) is 4.90 Å². The molecule has 0 unspecified atom stereocenters. The third-order valence-corrected chi connectivity index (χ3v) is 2.97. The maximum atomic E-state index is 11.8. The Morgan fingerprint density at radius 1 is 1.35 bits per heavy atom. The molecule has 0 N–H and O–H groups in total. The van der Waals surface area contributed by atoms with Crippen molar-refractivity contribution in [2.75, 3.05) is 6.54 Å². The minimum atomic E-state index is -0.203. The van der Waals surface area contributed by atoms with Gasteiger partial charge in [0.2, 0.25) is 0 Å². The molecule has 0 atom stereocenters. The molecule has 1 aliphatic rings. The zero-order valence-electron chi connectivity index (χ0n) is 10.7. The molecule has 0 fully saturated rings. The van der Waals surface area contributed by atoms with Gasteiger partial charge in [0.25, 0.3) is 0 Å². The van der Waals surface area contributed by atoms with Crippen molar-refractivity contribution < 1.29 is 9.53 Å². The third kappa shape index (κ3) is 2.78. The van der Waals surface area contributed by atoms with Crippen LogP contribution in [0.25, 0.3) is 0 Å². The molecule has 0 radical (unpaired) electrons. The van der Waals surface area contributed by atoms with Crippen LogP contribution >= 0.6 is 0 Å². The Hall–Kier alpha value is -1.51. The predicted molar refractivity (Wildman–Crippen MR) is 66.9 cm³/mol. The summed E-state index contributed by atoms with van der Waals surface area (Å²) in [6.07, 6.45) is 0.664. The van der Waals surface area contributed by atoms with Crippen LogP contribution in [0, 0.1) is 6.92 Å². The van der Waals surface area contributed by atoms with Crippen molar-refractivity contribution in [3.8, 4) is 0 Å². The molecule has 0 aliphatic carbocycles. The van der Waals surface area contributed by atoms with E-state index in [2.05, 4.69) is 25.1 Å². The van der Waals surface area contributed by atoms with Crippen molar-refractivity contribution >= 4 is 6.09 Å². The maximum Gasteiger partial charge on any atom is 0.410 e.